The number of rotatable bonds is 35. The summed E-state index contributed by atoms with van der Waals surface area (Å²) in [5, 5.41) is 78.7. The van der Waals surface area contributed by atoms with Gasteiger partial charge < -0.3 is 122 Å². The van der Waals surface area contributed by atoms with Crippen molar-refractivity contribution in [1.29, 1.82) is 0 Å². The first kappa shape index (κ1) is 95.7. The van der Waals surface area contributed by atoms with Gasteiger partial charge in [-0.3, -0.25) is 91.1 Å². The highest BCUT2D eigenvalue weighted by Crippen LogP contribution is 2.22. The van der Waals surface area contributed by atoms with Gasteiger partial charge in [0, 0.05) is 47.6 Å². The molecule has 0 bridgehead atoms. The number of esters is 1. The fraction of sp³-hybridized carbons (Fsp3) is 0.534. The fourth-order valence-corrected chi connectivity index (χ4v) is 11.8. The van der Waals surface area contributed by atoms with Crippen LogP contribution in [0.4, 0.5) is 5.69 Å². The average molecular weight is 1630 g/mol. The molecule has 43 nitrogen and oxygen atoms in total. The Labute approximate surface area is 663 Å². The number of carbonyl (C=O) groups excluding carboxylic acids is 16. The summed E-state index contributed by atoms with van der Waals surface area (Å²) >= 11 is 0. The summed E-state index contributed by atoms with van der Waals surface area (Å²) in [6.07, 6.45) is -3.45. The van der Waals surface area contributed by atoms with Crippen LogP contribution in [0.5, 0.6) is 0 Å². The monoisotopic (exact) mass is 1630 g/mol. The summed E-state index contributed by atoms with van der Waals surface area (Å²) < 4.78 is 5.68. The number of nitrogen functional groups attached to an aromatic ring is 1. The van der Waals surface area contributed by atoms with Gasteiger partial charge in [0.25, 0.3) is 0 Å². The number of nitrogens with two attached hydrogens (primary N) is 3. The van der Waals surface area contributed by atoms with Gasteiger partial charge in [0.15, 0.2) is 5.78 Å². The molecule has 0 saturated carbocycles. The fourth-order valence-electron chi connectivity index (χ4n) is 11.8. The second kappa shape index (κ2) is 47.7. The first-order valence-corrected chi connectivity index (χ1v) is 37.2. The van der Waals surface area contributed by atoms with Crippen LogP contribution in [0.1, 0.15) is 147 Å². The number of aliphatic hydroxyl groups excluding tert-OH is 1. The number of hydrogen-bond donors (Lipinski definition) is 22. The molecule has 0 aliphatic carbocycles. The van der Waals surface area contributed by atoms with Crippen LogP contribution in [0.3, 0.4) is 0 Å². The number of ether oxygens (including phenoxy) is 1. The number of unbranched alkanes of at least 4 members (excludes halogenated alkanes) is 3. The smallest absolute Gasteiger partial charge is 0.329 e. The number of primary amides is 1. The molecule has 43 heteroatoms. The number of ketones is 1. The quantitative estimate of drug-likeness (QED) is 0.0113. The molecule has 25 N–H and O–H groups in total. The summed E-state index contributed by atoms with van der Waals surface area (Å²) in [6, 6.07) is -10.5. The molecule has 0 radical (unpaired) electrons. The highest BCUT2D eigenvalue weighted by atomic mass is 16.5. The van der Waals surface area contributed by atoms with E-state index in [9.17, 15) is 121 Å². The molecule has 2 aromatic carbocycles. The Kier molecular flexibility index (Phi) is 39.4. The number of aromatic nitrogens is 1. The predicted molar refractivity (Wildman–Crippen MR) is 405 cm³/mol. The lowest BCUT2D eigenvalue weighted by Crippen LogP contribution is -2.62. The van der Waals surface area contributed by atoms with E-state index in [4.69, 9.17) is 21.9 Å². The van der Waals surface area contributed by atoms with E-state index in [1.807, 2.05) is 16.0 Å². The number of Topliss-reactive ketones (excluding diaryl/α,β-unsaturated/α-hetero) is 1. The van der Waals surface area contributed by atoms with Gasteiger partial charge in [-0.1, -0.05) is 83.2 Å². The van der Waals surface area contributed by atoms with Crippen molar-refractivity contribution in [3.05, 3.63) is 65.9 Å². The van der Waals surface area contributed by atoms with Crippen molar-refractivity contribution in [3.8, 4) is 0 Å². The SMILES string of the molecule is CCC(C)CCCCCCC(=O)N[C@@H](Cc1c[nH]c2ccccc12)C(=O)N[C@@H](CC(N)=O)C(=O)N[C@@H](CC(=O)O)C(=O)N[C@@H]1C(=O)NCC(=O)N[C@@H](CCCN)C(=O)N[C@H](CC(=O)O)C(=O)N[C@H](C)C(=O)N[C@@H](CC(=O)O)C(=O)NCC(=O)N[C@@H](CO)C(=O)N[C@@H]([C@H](C)CC(=O)O)C(=O)N[C@H](CC(=O)c2ccccc2N)C(=O)O[C@@H]1C. The third-order valence-electron chi connectivity index (χ3n) is 18.4. The number of aromatic amines is 1. The van der Waals surface area contributed by atoms with Gasteiger partial charge >= 0.3 is 29.8 Å². The standard InChI is InChI=1S/C73H103N17O26/c1-6-35(2)16-9-7-8-10-22-54(94)82-45(25-39-31-77-43-20-14-12-17-40(39)43)67(109)85-46(27-53(76)93)68(110)87-49(30-60(103)104)69(111)90-62-38(5)116-73(115)50(26-52(92)41-18-11-13-19-42(41)75)88-72(114)61(36(3)24-57(97)98)89-70(112)51(34-91)83-56(96)32-78-64(106)47(28-58(99)100)84-63(105)37(4)80-66(108)48(29-59(101)102)86-65(107)44(21-15-23-74)81-55(95)33-79-71(62)113/h11-14,17-20,31,35-38,44-51,61-62,77,91H,6-10,15-16,21-30,32-34,74-75H2,1-5H3,(H2,76,93)(H,78,106)(H,79,113)(H,80,108)(H,81,95)(H,82,94)(H,83,96)(H,84,105)(H,85,109)(H,86,107)(H,87,110)(H,88,114)(H,89,112)(H,90,111)(H,97,98)(H,99,100)(H,101,102)(H,103,104)/t35?,36-,37-,38-,44+,45+,46+,47+,48-,49+,50-,51+,61+,62+/m1/s1. The molecule has 14 atom stereocenters. The number of amides is 14. The molecule has 116 heavy (non-hydrogen) atoms. The van der Waals surface area contributed by atoms with Crippen molar-refractivity contribution in [2.24, 2.45) is 23.3 Å². The highest BCUT2D eigenvalue weighted by molar-refractivity contribution is 6.05. The normalized spacial score (nSPS) is 21.4. The van der Waals surface area contributed by atoms with Crippen LogP contribution in [0, 0.1) is 11.8 Å². The number of carbonyl (C=O) groups is 20. The van der Waals surface area contributed by atoms with Gasteiger partial charge in [-0.2, -0.15) is 0 Å². The minimum Gasteiger partial charge on any atom is -0.481 e. The average Bonchev–Trinajstić information content (AvgIpc) is 1.64. The van der Waals surface area contributed by atoms with Crippen LogP contribution in [-0.2, 0) is 102 Å². The number of aliphatic carboxylic acids is 4. The van der Waals surface area contributed by atoms with E-state index >= 15 is 0 Å². The van der Waals surface area contributed by atoms with Gasteiger partial charge in [-0.05, 0) is 75.3 Å². The zero-order valence-electron chi connectivity index (χ0n) is 64.5. The largest absolute Gasteiger partial charge is 0.481 e. The van der Waals surface area contributed by atoms with Gasteiger partial charge in [0.1, 0.15) is 72.6 Å². The van der Waals surface area contributed by atoms with Crippen molar-refractivity contribution in [2.75, 3.05) is 32.0 Å². The number of aliphatic hydroxyl groups is 1. The number of carboxylic acid groups (broad SMARTS) is 4. The molecule has 1 aliphatic heterocycles. The Morgan fingerprint density at radius 1 is 0.560 bits per heavy atom. The van der Waals surface area contributed by atoms with Crippen LogP contribution >= 0.6 is 0 Å². The van der Waals surface area contributed by atoms with Crippen LogP contribution < -0.4 is 86.3 Å². The zero-order chi connectivity index (χ0) is 86.6. The molecule has 14 amide bonds. The summed E-state index contributed by atoms with van der Waals surface area (Å²) in [7, 11) is 0. The van der Waals surface area contributed by atoms with E-state index in [2.05, 4.69) is 72.0 Å². The van der Waals surface area contributed by atoms with E-state index in [0.717, 1.165) is 46.5 Å². The maximum atomic E-state index is 14.8. The summed E-state index contributed by atoms with van der Waals surface area (Å²) in [5.41, 5.74) is 18.1. The second-order valence-electron chi connectivity index (χ2n) is 27.8. The van der Waals surface area contributed by atoms with Crippen LogP contribution in [-0.4, -0.2) is 248 Å². The first-order valence-electron chi connectivity index (χ1n) is 37.2. The minimum absolute atomic E-state index is 0.0230. The number of benzene rings is 2. The van der Waals surface area contributed by atoms with Gasteiger partial charge in [0.2, 0.25) is 82.7 Å². The highest BCUT2D eigenvalue weighted by Gasteiger charge is 2.41. The molecular weight excluding hydrogens is 1530 g/mol. The van der Waals surface area contributed by atoms with Crippen molar-refractivity contribution in [1.82, 2.24) is 74.1 Å². The number of para-hydroxylation sites is 2. The number of H-pyrrole nitrogens is 1. The van der Waals surface area contributed by atoms with Crippen molar-refractivity contribution < 1.29 is 126 Å². The molecule has 1 aromatic heterocycles. The summed E-state index contributed by atoms with van der Waals surface area (Å²) in [4.78, 5) is 276. The lowest BCUT2D eigenvalue weighted by atomic mass is 9.96. The molecule has 1 unspecified atom stereocenters. The van der Waals surface area contributed by atoms with E-state index < -0.39 is 261 Å². The molecule has 1 aliphatic rings. The summed E-state index contributed by atoms with van der Waals surface area (Å²) in [6.45, 7) is 3.27. The van der Waals surface area contributed by atoms with Gasteiger partial charge in [-0.15, -0.1) is 0 Å². The molecule has 1 fully saturated rings. The molecule has 3 aromatic rings. The first-order chi connectivity index (χ1) is 54.7. The Bertz CT molecular complexity index is 4080. The number of carboxylic acids is 4. The summed E-state index contributed by atoms with van der Waals surface area (Å²) in [5.74, 6) is -29.2. The Morgan fingerprint density at radius 3 is 1.72 bits per heavy atom. The predicted octanol–water partition coefficient (Wildman–Crippen LogP) is -5.38. The molecular formula is C73H103N17O26. The van der Waals surface area contributed by atoms with Crippen LogP contribution in [0.15, 0.2) is 54.7 Å². The Balaban J connectivity index is 1.87. The van der Waals surface area contributed by atoms with Crippen molar-refractivity contribution in [3.63, 3.8) is 0 Å². The Morgan fingerprint density at radius 2 is 1.11 bits per heavy atom. The number of anilines is 1. The van der Waals surface area contributed by atoms with E-state index in [1.54, 1.807) is 30.5 Å². The van der Waals surface area contributed by atoms with Crippen LogP contribution in [0.25, 0.3) is 10.9 Å². The maximum absolute atomic E-state index is 14.8. The second-order valence-corrected chi connectivity index (χ2v) is 27.8. The van der Waals surface area contributed by atoms with Crippen molar-refractivity contribution in [2.45, 2.75) is 210 Å². The number of nitrogens with one attached hydrogen (secondary N) is 14. The topological polar surface area (TPSA) is 702 Å². The number of hydrogen-bond acceptors (Lipinski definition) is 24. The van der Waals surface area contributed by atoms with E-state index in [1.165, 1.54) is 24.3 Å². The number of fused-ring (bicyclic) bond motifs is 1. The third-order valence-corrected chi connectivity index (χ3v) is 18.4. The molecule has 2 heterocycles. The zero-order valence-corrected chi connectivity index (χ0v) is 64.5. The van der Waals surface area contributed by atoms with Gasteiger partial charge in [-0.25, -0.2) is 4.79 Å². The van der Waals surface area contributed by atoms with Crippen LogP contribution in [0.2, 0.25) is 0 Å². The number of cyclic esters (lactones) is 1. The van der Waals surface area contributed by atoms with Crippen molar-refractivity contribution >= 4 is 135 Å². The molecule has 636 valence electrons. The Hall–Kier alpha value is -12.7. The molecule has 0 spiro atoms. The van der Waals surface area contributed by atoms with Gasteiger partial charge in [0.05, 0.1) is 51.8 Å². The van der Waals surface area contributed by atoms with E-state index in [-0.39, 0.29) is 37.1 Å². The molecule has 4 rings (SSSR count). The lowest BCUT2D eigenvalue weighted by molar-refractivity contribution is -0.156. The van der Waals surface area contributed by atoms with E-state index in [0.29, 0.717) is 35.2 Å². The molecule has 1 saturated heterocycles. The minimum atomic E-state index is -2.45. The maximum Gasteiger partial charge on any atom is 0.329 e. The third kappa shape index (κ3) is 32.4. The lowest BCUT2D eigenvalue weighted by Gasteiger charge is -2.30.